The number of benzene rings is 1. The van der Waals surface area contributed by atoms with E-state index in [1.165, 1.54) is 12.1 Å². The Labute approximate surface area is 151 Å². The van der Waals surface area contributed by atoms with Gasteiger partial charge in [0.1, 0.15) is 12.5 Å². The Morgan fingerprint density at radius 2 is 1.92 bits per heavy atom. The van der Waals surface area contributed by atoms with Crippen molar-refractivity contribution in [2.24, 2.45) is 11.3 Å². The van der Waals surface area contributed by atoms with Gasteiger partial charge in [0.15, 0.2) is 0 Å². The quantitative estimate of drug-likeness (QED) is 0.739. The maximum Gasteiger partial charge on any atom is 0.123 e. The first-order valence-electron chi connectivity index (χ1n) is 9.21. The third-order valence-corrected chi connectivity index (χ3v) is 5.66. The lowest BCUT2D eigenvalue weighted by Gasteiger charge is -2.34. The van der Waals surface area contributed by atoms with Crippen molar-refractivity contribution in [2.75, 3.05) is 38.4 Å². The van der Waals surface area contributed by atoms with E-state index in [4.69, 9.17) is 0 Å². The molecule has 1 heterocycles. The number of likely N-dealkylation sites (tertiary alicyclic amines) is 1. The third-order valence-electron chi connectivity index (χ3n) is 5.66. The van der Waals surface area contributed by atoms with Crippen LogP contribution in [0.4, 0.5) is 14.5 Å². The molecule has 1 aromatic rings. The number of alkyl halides is 1. The average Bonchev–Trinajstić information content (AvgIpc) is 2.96. The van der Waals surface area contributed by atoms with Gasteiger partial charge in [0.05, 0.1) is 11.2 Å². The van der Waals surface area contributed by atoms with Crippen LogP contribution in [0.15, 0.2) is 24.3 Å². The van der Waals surface area contributed by atoms with Gasteiger partial charge < -0.3 is 9.91 Å². The summed E-state index contributed by atoms with van der Waals surface area (Å²) in [5.41, 5.74) is 3.89. The van der Waals surface area contributed by atoms with Gasteiger partial charge in [-0.2, -0.15) is 0 Å². The molecule has 1 fully saturated rings. The van der Waals surface area contributed by atoms with Crippen molar-refractivity contribution in [3.8, 4) is 0 Å². The molecule has 0 bridgehead atoms. The molecular formula is C20H33F2N3. The highest BCUT2D eigenvalue weighted by Gasteiger charge is 2.39. The van der Waals surface area contributed by atoms with Crippen LogP contribution < -0.4 is 10.4 Å². The third kappa shape index (κ3) is 5.38. The molecule has 5 heteroatoms. The molecule has 1 N–H and O–H groups in total. The van der Waals surface area contributed by atoms with Crippen molar-refractivity contribution in [2.45, 2.75) is 46.1 Å². The zero-order valence-electron chi connectivity index (χ0n) is 16.3. The van der Waals surface area contributed by atoms with E-state index in [1.807, 2.05) is 7.05 Å². The van der Waals surface area contributed by atoms with Crippen molar-refractivity contribution < 1.29 is 8.78 Å². The number of hydrazine groups is 1. The average molecular weight is 354 g/mol. The first kappa shape index (κ1) is 20.1. The minimum atomic E-state index is -0.561. The fourth-order valence-electron chi connectivity index (χ4n) is 3.27. The molecule has 0 amide bonds. The zero-order valence-corrected chi connectivity index (χ0v) is 16.3. The fraction of sp³-hybridized carbons (Fsp3) is 0.700. The first-order valence-corrected chi connectivity index (χ1v) is 9.21. The molecule has 0 saturated carbocycles. The van der Waals surface area contributed by atoms with Gasteiger partial charge in [-0.1, -0.05) is 27.7 Å². The molecule has 1 aliphatic rings. The minimum absolute atomic E-state index is 0.266. The van der Waals surface area contributed by atoms with Gasteiger partial charge in [0.25, 0.3) is 0 Å². The highest BCUT2D eigenvalue weighted by Crippen LogP contribution is 2.30. The van der Waals surface area contributed by atoms with Crippen molar-refractivity contribution >= 4 is 5.69 Å². The van der Waals surface area contributed by atoms with Gasteiger partial charge in [-0.05, 0) is 55.0 Å². The second-order valence-corrected chi connectivity index (χ2v) is 8.64. The number of nitrogens with one attached hydrogen (secondary N) is 1. The van der Waals surface area contributed by atoms with Crippen LogP contribution in [-0.2, 0) is 0 Å². The van der Waals surface area contributed by atoms with Crippen LogP contribution in [0.3, 0.4) is 0 Å². The van der Waals surface area contributed by atoms with Gasteiger partial charge in [-0.3, -0.25) is 0 Å². The maximum absolute atomic E-state index is 13.9. The Bertz CT molecular complexity index is 541. The van der Waals surface area contributed by atoms with Crippen LogP contribution in [-0.4, -0.2) is 43.8 Å². The molecule has 25 heavy (non-hydrogen) atoms. The Morgan fingerprint density at radius 3 is 2.48 bits per heavy atom. The summed E-state index contributed by atoms with van der Waals surface area (Å²) >= 11 is 0. The normalized spacial score (nSPS) is 23.0. The predicted octanol–water partition coefficient (Wildman–Crippen LogP) is 4.25. The summed E-state index contributed by atoms with van der Waals surface area (Å²) in [5, 5.41) is 1.81. The molecular weight excluding hydrogens is 320 g/mol. The van der Waals surface area contributed by atoms with Gasteiger partial charge in [-0.15, -0.1) is 0 Å². The van der Waals surface area contributed by atoms with E-state index >= 15 is 0 Å². The fourth-order valence-corrected chi connectivity index (χ4v) is 3.27. The molecule has 3 nitrogen and oxygen atoms in total. The predicted molar refractivity (Wildman–Crippen MR) is 101 cm³/mol. The maximum atomic E-state index is 13.9. The molecule has 2 atom stereocenters. The Hall–Kier alpha value is -1.20. The molecule has 0 spiro atoms. The number of nitrogens with zero attached hydrogens (tertiary/aromatic N) is 2. The highest BCUT2D eigenvalue weighted by molar-refractivity contribution is 5.44. The van der Waals surface area contributed by atoms with E-state index in [1.54, 1.807) is 17.1 Å². The summed E-state index contributed by atoms with van der Waals surface area (Å²) in [5.74, 6) is 0.361. The Balaban J connectivity index is 1.92. The number of halogens is 2. The number of anilines is 1. The molecule has 0 radical (unpaired) electrons. The summed E-state index contributed by atoms with van der Waals surface area (Å²) in [6.45, 7) is 11.3. The van der Waals surface area contributed by atoms with Crippen LogP contribution in [0.5, 0.6) is 0 Å². The van der Waals surface area contributed by atoms with Crippen LogP contribution in [0.2, 0.25) is 0 Å². The van der Waals surface area contributed by atoms with Crippen molar-refractivity contribution in [1.29, 1.82) is 0 Å². The van der Waals surface area contributed by atoms with E-state index in [9.17, 15) is 8.78 Å². The molecule has 2 unspecified atom stereocenters. The van der Waals surface area contributed by atoms with E-state index in [0.29, 0.717) is 17.9 Å². The van der Waals surface area contributed by atoms with E-state index in [2.05, 4.69) is 38.0 Å². The van der Waals surface area contributed by atoms with Crippen LogP contribution in [0, 0.1) is 17.2 Å². The summed E-state index contributed by atoms with van der Waals surface area (Å²) in [4.78, 5) is 2.35. The lowest BCUT2D eigenvalue weighted by atomic mass is 9.80. The molecule has 1 aliphatic heterocycles. The standard InChI is InChI=1S/C20H33F2N3/c1-16(19(2,3)4)10-12-25-13-11-20(14-21,15-25)23-24(5)18-8-6-17(22)7-9-18/h6-9,16,23H,10-15H2,1-5H3. The zero-order chi connectivity index (χ0) is 18.7. The van der Waals surface area contributed by atoms with E-state index in [-0.39, 0.29) is 5.82 Å². The van der Waals surface area contributed by atoms with Crippen molar-refractivity contribution in [3.05, 3.63) is 30.1 Å². The van der Waals surface area contributed by atoms with Crippen molar-refractivity contribution in [3.63, 3.8) is 0 Å². The Morgan fingerprint density at radius 1 is 1.28 bits per heavy atom. The van der Waals surface area contributed by atoms with Gasteiger partial charge in [0.2, 0.25) is 0 Å². The van der Waals surface area contributed by atoms with Crippen LogP contribution >= 0.6 is 0 Å². The monoisotopic (exact) mass is 353 g/mol. The van der Waals surface area contributed by atoms with Gasteiger partial charge in [0, 0.05) is 20.1 Å². The van der Waals surface area contributed by atoms with Crippen molar-refractivity contribution in [1.82, 2.24) is 10.3 Å². The summed E-state index contributed by atoms with van der Waals surface area (Å²) in [6.07, 6.45) is 1.90. The smallest absolute Gasteiger partial charge is 0.123 e. The minimum Gasteiger partial charge on any atom is -0.311 e. The molecule has 0 aliphatic carbocycles. The Kier molecular flexibility index (Phi) is 6.44. The molecule has 1 aromatic carbocycles. The van der Waals surface area contributed by atoms with E-state index < -0.39 is 12.2 Å². The molecule has 0 aromatic heterocycles. The second kappa shape index (κ2) is 8.00. The number of rotatable bonds is 7. The molecule has 2 rings (SSSR count). The SMILES string of the molecule is CC(CCN1CCC(CF)(NN(C)c2ccc(F)cc2)C1)C(C)(C)C. The van der Waals surface area contributed by atoms with Gasteiger partial charge in [-0.25, -0.2) is 14.2 Å². The lowest BCUT2D eigenvalue weighted by molar-refractivity contribution is 0.194. The molecule has 1 saturated heterocycles. The van der Waals surface area contributed by atoms with Gasteiger partial charge >= 0.3 is 0 Å². The topological polar surface area (TPSA) is 18.5 Å². The highest BCUT2D eigenvalue weighted by atomic mass is 19.1. The molecule has 142 valence electrons. The van der Waals surface area contributed by atoms with Crippen LogP contribution in [0.1, 0.15) is 40.5 Å². The summed E-state index contributed by atoms with van der Waals surface area (Å²) in [7, 11) is 1.86. The summed E-state index contributed by atoms with van der Waals surface area (Å²) in [6, 6.07) is 6.24. The van der Waals surface area contributed by atoms with Crippen LogP contribution in [0.25, 0.3) is 0 Å². The largest absolute Gasteiger partial charge is 0.311 e. The second-order valence-electron chi connectivity index (χ2n) is 8.64. The van der Waals surface area contributed by atoms with E-state index in [0.717, 1.165) is 31.6 Å². The lowest BCUT2D eigenvalue weighted by Crippen LogP contribution is -2.56. The summed E-state index contributed by atoms with van der Waals surface area (Å²) < 4.78 is 27.0. The first-order chi connectivity index (χ1) is 11.6. The number of hydrogen-bond donors (Lipinski definition) is 1. The number of hydrogen-bond acceptors (Lipinski definition) is 3.